The average Bonchev–Trinajstić information content (AvgIpc) is 3.18. The van der Waals surface area contributed by atoms with Crippen molar-refractivity contribution < 1.29 is 5.11 Å². The van der Waals surface area contributed by atoms with Gasteiger partial charge in [0, 0.05) is 23.5 Å². The van der Waals surface area contributed by atoms with Crippen LogP contribution in [0, 0.1) is 17.2 Å². The second-order valence-corrected chi connectivity index (χ2v) is 6.12. The number of rotatable bonds is 2. The molecule has 0 atom stereocenters. The zero-order valence-electron chi connectivity index (χ0n) is 12.7. The van der Waals surface area contributed by atoms with Gasteiger partial charge in [-0.05, 0) is 31.7 Å². The smallest absolute Gasteiger partial charge is 0.176 e. The van der Waals surface area contributed by atoms with Crippen molar-refractivity contribution in [1.82, 2.24) is 19.5 Å². The van der Waals surface area contributed by atoms with Crippen LogP contribution in [0.2, 0.25) is 0 Å². The SMILES string of the molecule is C=C(O)c1nc2cnc3[nH]ccc3c2n1C1CCC(C#N)CC1. The van der Waals surface area contributed by atoms with Gasteiger partial charge < -0.3 is 14.7 Å². The van der Waals surface area contributed by atoms with E-state index >= 15 is 0 Å². The van der Waals surface area contributed by atoms with Gasteiger partial charge in [-0.1, -0.05) is 6.58 Å². The Kier molecular flexibility index (Phi) is 3.08. The maximum Gasteiger partial charge on any atom is 0.176 e. The van der Waals surface area contributed by atoms with E-state index in [1.54, 1.807) is 6.20 Å². The standard InChI is InChI=1S/C17H17N5O/c1-10(23)17-21-14-9-20-16-13(6-7-19-16)15(14)22(17)12-4-2-11(8-18)3-5-12/h6-7,9,11-12,23H,1-5H2,(H,19,20). The summed E-state index contributed by atoms with van der Waals surface area (Å²) in [5.41, 5.74) is 2.53. The Bertz CT molecular complexity index is 937. The predicted molar refractivity (Wildman–Crippen MR) is 87.7 cm³/mol. The molecule has 23 heavy (non-hydrogen) atoms. The topological polar surface area (TPSA) is 90.5 Å². The van der Waals surface area contributed by atoms with Crippen molar-refractivity contribution >= 4 is 27.8 Å². The third-order valence-electron chi connectivity index (χ3n) is 4.74. The van der Waals surface area contributed by atoms with Crippen LogP contribution in [0.4, 0.5) is 0 Å². The van der Waals surface area contributed by atoms with Crippen molar-refractivity contribution in [3.63, 3.8) is 0 Å². The first kappa shape index (κ1) is 13.8. The first-order valence-corrected chi connectivity index (χ1v) is 7.81. The van der Waals surface area contributed by atoms with E-state index in [-0.39, 0.29) is 17.7 Å². The Balaban J connectivity index is 1.92. The molecule has 0 unspecified atom stereocenters. The molecule has 1 aliphatic rings. The lowest BCUT2D eigenvalue weighted by Crippen LogP contribution is -2.19. The van der Waals surface area contributed by atoms with Crippen molar-refractivity contribution in [2.75, 3.05) is 0 Å². The van der Waals surface area contributed by atoms with Crippen LogP contribution in [0.5, 0.6) is 0 Å². The molecule has 6 nitrogen and oxygen atoms in total. The van der Waals surface area contributed by atoms with Gasteiger partial charge in [0.2, 0.25) is 0 Å². The quantitative estimate of drug-likeness (QED) is 0.706. The minimum atomic E-state index is -0.0349. The zero-order valence-corrected chi connectivity index (χ0v) is 12.7. The fourth-order valence-corrected chi connectivity index (χ4v) is 3.61. The summed E-state index contributed by atoms with van der Waals surface area (Å²) in [4.78, 5) is 12.0. The van der Waals surface area contributed by atoms with E-state index in [0.717, 1.165) is 47.8 Å². The summed E-state index contributed by atoms with van der Waals surface area (Å²) in [6, 6.07) is 4.55. The molecular weight excluding hydrogens is 290 g/mol. The molecule has 0 spiro atoms. The van der Waals surface area contributed by atoms with Crippen LogP contribution in [-0.4, -0.2) is 24.6 Å². The second kappa shape index (κ2) is 5.13. The van der Waals surface area contributed by atoms with E-state index < -0.39 is 0 Å². The molecule has 2 N–H and O–H groups in total. The summed E-state index contributed by atoms with van der Waals surface area (Å²) in [6.07, 6.45) is 7.13. The first-order chi connectivity index (χ1) is 11.2. The van der Waals surface area contributed by atoms with E-state index in [9.17, 15) is 5.11 Å². The number of fused-ring (bicyclic) bond motifs is 3. The van der Waals surface area contributed by atoms with E-state index in [2.05, 4.69) is 32.2 Å². The summed E-state index contributed by atoms with van der Waals surface area (Å²) < 4.78 is 2.09. The molecule has 116 valence electrons. The number of aromatic nitrogens is 4. The van der Waals surface area contributed by atoms with Gasteiger partial charge in [-0.2, -0.15) is 5.26 Å². The highest BCUT2D eigenvalue weighted by Crippen LogP contribution is 2.37. The molecular formula is C17H17N5O. The van der Waals surface area contributed by atoms with Crippen LogP contribution < -0.4 is 0 Å². The lowest BCUT2D eigenvalue weighted by atomic mass is 9.86. The third-order valence-corrected chi connectivity index (χ3v) is 4.74. The molecule has 0 bridgehead atoms. The fourth-order valence-electron chi connectivity index (χ4n) is 3.61. The van der Waals surface area contributed by atoms with Crippen LogP contribution in [0.25, 0.3) is 27.8 Å². The number of nitrogens with one attached hydrogen (secondary N) is 1. The molecule has 3 heterocycles. The molecule has 4 rings (SSSR count). The van der Waals surface area contributed by atoms with Gasteiger partial charge in [0.1, 0.15) is 11.2 Å². The lowest BCUT2D eigenvalue weighted by Gasteiger charge is -2.27. The number of pyridine rings is 1. The number of aliphatic hydroxyl groups is 1. The molecule has 3 aromatic heterocycles. The highest BCUT2D eigenvalue weighted by molar-refractivity contribution is 6.01. The Morgan fingerprint density at radius 2 is 2.17 bits per heavy atom. The van der Waals surface area contributed by atoms with Crippen LogP contribution in [0.15, 0.2) is 25.0 Å². The maximum atomic E-state index is 10.00. The summed E-state index contributed by atoms with van der Waals surface area (Å²) in [5.74, 6) is 0.596. The summed E-state index contributed by atoms with van der Waals surface area (Å²) >= 11 is 0. The van der Waals surface area contributed by atoms with Gasteiger partial charge in [0.15, 0.2) is 11.6 Å². The Hall–Kier alpha value is -2.81. The summed E-state index contributed by atoms with van der Waals surface area (Å²) in [5, 5.41) is 20.1. The fraction of sp³-hybridized carbons (Fsp3) is 0.353. The van der Waals surface area contributed by atoms with E-state index in [1.807, 2.05) is 12.3 Å². The number of hydrogen-bond donors (Lipinski definition) is 2. The third kappa shape index (κ3) is 2.08. The molecule has 1 saturated carbocycles. The molecule has 0 aromatic carbocycles. The normalized spacial score (nSPS) is 21.5. The van der Waals surface area contributed by atoms with E-state index in [0.29, 0.717) is 5.82 Å². The van der Waals surface area contributed by atoms with Gasteiger partial charge in [0.25, 0.3) is 0 Å². The number of aromatic amines is 1. The van der Waals surface area contributed by atoms with Crippen LogP contribution in [-0.2, 0) is 0 Å². The van der Waals surface area contributed by atoms with Gasteiger partial charge in [-0.15, -0.1) is 0 Å². The van der Waals surface area contributed by atoms with E-state index in [4.69, 9.17) is 5.26 Å². The first-order valence-electron chi connectivity index (χ1n) is 7.81. The highest BCUT2D eigenvalue weighted by Gasteiger charge is 2.27. The zero-order chi connectivity index (χ0) is 16.0. The molecule has 1 fully saturated rings. The Labute approximate surface area is 133 Å². The lowest BCUT2D eigenvalue weighted by molar-refractivity contribution is 0.314. The average molecular weight is 307 g/mol. The number of H-pyrrole nitrogens is 1. The monoisotopic (exact) mass is 307 g/mol. The van der Waals surface area contributed by atoms with Crippen molar-refractivity contribution in [3.8, 4) is 6.07 Å². The van der Waals surface area contributed by atoms with Crippen LogP contribution in [0.1, 0.15) is 37.5 Å². The van der Waals surface area contributed by atoms with Crippen molar-refractivity contribution in [3.05, 3.63) is 30.9 Å². The van der Waals surface area contributed by atoms with Gasteiger partial charge in [-0.3, -0.25) is 0 Å². The Morgan fingerprint density at radius 3 is 2.87 bits per heavy atom. The molecule has 0 radical (unpaired) electrons. The Morgan fingerprint density at radius 1 is 1.39 bits per heavy atom. The highest BCUT2D eigenvalue weighted by atomic mass is 16.3. The molecule has 1 aliphatic carbocycles. The molecule has 0 aliphatic heterocycles. The van der Waals surface area contributed by atoms with Crippen LogP contribution >= 0.6 is 0 Å². The molecule has 0 saturated heterocycles. The van der Waals surface area contributed by atoms with Crippen molar-refractivity contribution in [1.29, 1.82) is 5.26 Å². The van der Waals surface area contributed by atoms with Crippen LogP contribution in [0.3, 0.4) is 0 Å². The maximum absolute atomic E-state index is 10.00. The summed E-state index contributed by atoms with van der Waals surface area (Å²) in [6.45, 7) is 3.67. The summed E-state index contributed by atoms with van der Waals surface area (Å²) in [7, 11) is 0. The molecule has 3 aromatic rings. The predicted octanol–water partition coefficient (Wildman–Crippen LogP) is 3.70. The van der Waals surface area contributed by atoms with Gasteiger partial charge >= 0.3 is 0 Å². The minimum Gasteiger partial charge on any atom is -0.505 e. The van der Waals surface area contributed by atoms with Crippen molar-refractivity contribution in [2.45, 2.75) is 31.7 Å². The number of nitrogens with zero attached hydrogens (tertiary/aromatic N) is 4. The van der Waals surface area contributed by atoms with Gasteiger partial charge in [0.05, 0.1) is 17.8 Å². The second-order valence-electron chi connectivity index (χ2n) is 6.12. The number of nitriles is 1. The minimum absolute atomic E-state index is 0.0349. The number of aliphatic hydroxyl groups excluding tert-OH is 1. The largest absolute Gasteiger partial charge is 0.505 e. The van der Waals surface area contributed by atoms with Crippen molar-refractivity contribution in [2.24, 2.45) is 5.92 Å². The number of hydrogen-bond acceptors (Lipinski definition) is 4. The molecule has 6 heteroatoms. The van der Waals surface area contributed by atoms with Gasteiger partial charge in [-0.25, -0.2) is 9.97 Å². The number of imidazole rings is 1. The van der Waals surface area contributed by atoms with E-state index in [1.165, 1.54) is 0 Å². The molecule has 0 amide bonds.